The number of benzene rings is 1. The Morgan fingerprint density at radius 2 is 2.05 bits per heavy atom. The fourth-order valence-corrected chi connectivity index (χ4v) is 3.53. The van der Waals surface area contributed by atoms with Crippen LogP contribution in [0.3, 0.4) is 0 Å². The predicted molar refractivity (Wildman–Crippen MR) is 81.8 cm³/mol. The molecule has 1 aliphatic heterocycles. The third-order valence-electron chi connectivity index (χ3n) is 3.42. The number of ketones is 1. The maximum absolute atomic E-state index is 12.2. The first kappa shape index (κ1) is 13.0. The van der Waals surface area contributed by atoms with Crippen molar-refractivity contribution in [1.82, 2.24) is 4.90 Å². The fraction of sp³-hybridized carbons (Fsp3) is 0.267. The monoisotopic (exact) mass is 335 g/mol. The van der Waals surface area contributed by atoms with Crippen LogP contribution >= 0.6 is 27.3 Å². The van der Waals surface area contributed by atoms with E-state index in [0.717, 1.165) is 29.5 Å². The van der Waals surface area contributed by atoms with Crippen molar-refractivity contribution in [2.75, 3.05) is 13.1 Å². The molecule has 0 spiro atoms. The minimum atomic E-state index is 0.200. The Kier molecular flexibility index (Phi) is 3.82. The Morgan fingerprint density at radius 3 is 2.84 bits per heavy atom. The van der Waals surface area contributed by atoms with E-state index in [1.807, 2.05) is 35.6 Å². The molecule has 19 heavy (non-hydrogen) atoms. The summed E-state index contributed by atoms with van der Waals surface area (Å²) in [6, 6.07) is 9.77. The third-order valence-corrected chi connectivity index (χ3v) is 4.97. The number of Topliss-reactive ketones (excluding diaryl/α,β-unsaturated/α-hetero) is 1. The summed E-state index contributed by atoms with van der Waals surface area (Å²) in [6.45, 7) is 2.40. The number of thiophene rings is 1. The lowest BCUT2D eigenvalue weighted by atomic mass is 10.1. The number of halogens is 1. The average molecular weight is 336 g/mol. The first-order valence-electron chi connectivity index (χ1n) is 6.29. The summed E-state index contributed by atoms with van der Waals surface area (Å²) in [5.74, 6) is 0.200. The van der Waals surface area contributed by atoms with E-state index >= 15 is 0 Å². The highest BCUT2D eigenvalue weighted by molar-refractivity contribution is 9.10. The third kappa shape index (κ3) is 2.96. The molecule has 0 aliphatic carbocycles. The van der Waals surface area contributed by atoms with Crippen LogP contribution in [-0.2, 0) is 13.0 Å². The van der Waals surface area contributed by atoms with Gasteiger partial charge in [-0.1, -0.05) is 28.1 Å². The van der Waals surface area contributed by atoms with Crippen LogP contribution in [0.2, 0.25) is 0 Å². The normalized spacial score (nSPS) is 15.2. The van der Waals surface area contributed by atoms with E-state index in [-0.39, 0.29) is 5.78 Å². The van der Waals surface area contributed by atoms with Gasteiger partial charge in [-0.3, -0.25) is 9.69 Å². The van der Waals surface area contributed by atoms with Crippen molar-refractivity contribution in [1.29, 1.82) is 0 Å². The molecule has 0 N–H and O–H groups in total. The maximum atomic E-state index is 12.2. The van der Waals surface area contributed by atoms with E-state index in [4.69, 9.17) is 0 Å². The van der Waals surface area contributed by atoms with E-state index in [1.165, 1.54) is 10.4 Å². The summed E-state index contributed by atoms with van der Waals surface area (Å²) in [5.41, 5.74) is 2.18. The van der Waals surface area contributed by atoms with Gasteiger partial charge in [0.15, 0.2) is 5.78 Å². The molecule has 0 atom stereocenters. The highest BCUT2D eigenvalue weighted by atomic mass is 79.9. The quantitative estimate of drug-likeness (QED) is 0.796. The molecule has 2 nitrogen and oxygen atoms in total. The second-order valence-corrected chi connectivity index (χ2v) is 6.68. The van der Waals surface area contributed by atoms with Gasteiger partial charge in [-0.25, -0.2) is 0 Å². The van der Waals surface area contributed by atoms with Gasteiger partial charge in [-0.2, -0.15) is 0 Å². The molecule has 98 valence electrons. The van der Waals surface area contributed by atoms with Gasteiger partial charge >= 0.3 is 0 Å². The molecule has 1 aromatic heterocycles. The summed E-state index contributed by atoms with van der Waals surface area (Å²) in [4.78, 5) is 15.9. The zero-order valence-electron chi connectivity index (χ0n) is 10.4. The van der Waals surface area contributed by atoms with E-state index in [2.05, 4.69) is 32.3 Å². The number of fused-ring (bicyclic) bond motifs is 1. The molecule has 1 aliphatic rings. The molecule has 0 unspecified atom stereocenters. The van der Waals surface area contributed by atoms with Crippen molar-refractivity contribution in [2.24, 2.45) is 0 Å². The van der Waals surface area contributed by atoms with Crippen molar-refractivity contribution in [2.45, 2.75) is 13.0 Å². The number of rotatable bonds is 3. The standard InChI is InChI=1S/C15H14BrNOS/c16-13-3-1-11(2-4-13)14(18)10-17-7-5-15-12(9-17)6-8-19-15/h1-4,6,8H,5,7,9-10H2. The summed E-state index contributed by atoms with van der Waals surface area (Å²) in [7, 11) is 0. The molecular weight excluding hydrogens is 322 g/mol. The van der Waals surface area contributed by atoms with Gasteiger partial charge in [0.05, 0.1) is 6.54 Å². The van der Waals surface area contributed by atoms with Gasteiger partial charge < -0.3 is 0 Å². The second-order valence-electron chi connectivity index (χ2n) is 4.76. The van der Waals surface area contributed by atoms with E-state index in [1.54, 1.807) is 0 Å². The molecule has 2 aromatic rings. The van der Waals surface area contributed by atoms with Crippen molar-refractivity contribution in [3.8, 4) is 0 Å². The lowest BCUT2D eigenvalue weighted by Crippen LogP contribution is -2.34. The molecule has 0 radical (unpaired) electrons. The highest BCUT2D eigenvalue weighted by Gasteiger charge is 2.19. The summed E-state index contributed by atoms with van der Waals surface area (Å²) >= 11 is 5.21. The lowest BCUT2D eigenvalue weighted by molar-refractivity contribution is 0.0922. The van der Waals surface area contributed by atoms with Crippen LogP contribution in [0.4, 0.5) is 0 Å². The van der Waals surface area contributed by atoms with Crippen LogP contribution in [0.15, 0.2) is 40.2 Å². The SMILES string of the molecule is O=C(CN1CCc2sccc2C1)c1ccc(Br)cc1. The Hall–Kier alpha value is -0.970. The van der Waals surface area contributed by atoms with Gasteiger partial charge in [-0.15, -0.1) is 11.3 Å². The molecule has 1 aromatic carbocycles. The predicted octanol–water partition coefficient (Wildman–Crippen LogP) is 3.75. The minimum absolute atomic E-state index is 0.200. The number of carbonyl (C=O) groups excluding carboxylic acids is 1. The Balaban J connectivity index is 1.66. The number of hydrogen-bond donors (Lipinski definition) is 0. The van der Waals surface area contributed by atoms with Crippen LogP contribution in [0.5, 0.6) is 0 Å². The molecule has 0 saturated heterocycles. The van der Waals surface area contributed by atoms with E-state index in [0.29, 0.717) is 6.54 Å². The van der Waals surface area contributed by atoms with Crippen LogP contribution in [-0.4, -0.2) is 23.8 Å². The van der Waals surface area contributed by atoms with Crippen LogP contribution in [0.25, 0.3) is 0 Å². The van der Waals surface area contributed by atoms with Gasteiger partial charge in [0.1, 0.15) is 0 Å². The zero-order chi connectivity index (χ0) is 13.2. The topological polar surface area (TPSA) is 20.3 Å². The van der Waals surface area contributed by atoms with Crippen LogP contribution in [0.1, 0.15) is 20.8 Å². The van der Waals surface area contributed by atoms with Gasteiger partial charge in [-0.05, 0) is 35.6 Å². The summed E-state index contributed by atoms with van der Waals surface area (Å²) < 4.78 is 1.00. The summed E-state index contributed by atoms with van der Waals surface area (Å²) in [6.07, 6.45) is 1.07. The van der Waals surface area contributed by atoms with Crippen LogP contribution in [0, 0.1) is 0 Å². The Bertz CT molecular complexity index is 590. The largest absolute Gasteiger partial charge is 0.293 e. The van der Waals surface area contributed by atoms with Gasteiger partial charge in [0, 0.05) is 28.0 Å². The van der Waals surface area contributed by atoms with Gasteiger partial charge in [0.2, 0.25) is 0 Å². The fourth-order valence-electron chi connectivity index (χ4n) is 2.37. The number of nitrogens with zero attached hydrogens (tertiary/aromatic N) is 1. The van der Waals surface area contributed by atoms with E-state index in [9.17, 15) is 4.79 Å². The first-order chi connectivity index (χ1) is 9.22. The van der Waals surface area contributed by atoms with Crippen LogP contribution < -0.4 is 0 Å². The Morgan fingerprint density at radius 1 is 1.26 bits per heavy atom. The van der Waals surface area contributed by atoms with Crippen molar-refractivity contribution < 1.29 is 4.79 Å². The Labute approximate surface area is 125 Å². The molecule has 4 heteroatoms. The molecule has 2 heterocycles. The molecule has 0 saturated carbocycles. The molecule has 0 fully saturated rings. The van der Waals surface area contributed by atoms with Crippen molar-refractivity contribution in [3.05, 3.63) is 56.2 Å². The zero-order valence-corrected chi connectivity index (χ0v) is 12.8. The molecular formula is C15H14BrNOS. The lowest BCUT2D eigenvalue weighted by Gasteiger charge is -2.26. The number of hydrogen-bond acceptors (Lipinski definition) is 3. The van der Waals surface area contributed by atoms with E-state index < -0.39 is 0 Å². The van der Waals surface area contributed by atoms with Crippen molar-refractivity contribution in [3.63, 3.8) is 0 Å². The smallest absolute Gasteiger partial charge is 0.176 e. The van der Waals surface area contributed by atoms with Gasteiger partial charge in [0.25, 0.3) is 0 Å². The molecule has 0 amide bonds. The maximum Gasteiger partial charge on any atom is 0.176 e. The first-order valence-corrected chi connectivity index (χ1v) is 7.96. The molecule has 3 rings (SSSR count). The highest BCUT2D eigenvalue weighted by Crippen LogP contribution is 2.24. The second kappa shape index (κ2) is 5.57. The summed E-state index contributed by atoms with van der Waals surface area (Å²) in [5, 5.41) is 2.14. The minimum Gasteiger partial charge on any atom is -0.293 e. The van der Waals surface area contributed by atoms with Crippen molar-refractivity contribution >= 4 is 33.0 Å². The molecule has 0 bridgehead atoms. The average Bonchev–Trinajstić information content (AvgIpc) is 2.87. The number of carbonyl (C=O) groups is 1.